The Bertz CT molecular complexity index is 912. The van der Waals surface area contributed by atoms with Crippen molar-refractivity contribution in [2.45, 2.75) is 45.3 Å². The summed E-state index contributed by atoms with van der Waals surface area (Å²) in [6, 6.07) is 10.2. The minimum absolute atomic E-state index is 0.0571. The number of nitrogens with zero attached hydrogens (tertiary/aromatic N) is 2. The van der Waals surface area contributed by atoms with Gasteiger partial charge < -0.3 is 19.5 Å². The third kappa shape index (κ3) is 7.15. The van der Waals surface area contributed by atoms with Gasteiger partial charge in [-0.15, -0.1) is 17.9 Å². The Hall–Kier alpha value is -2.19. The molecular formula is C27H38N2O4S. The topological polar surface area (TPSA) is 62.2 Å². The van der Waals surface area contributed by atoms with E-state index in [9.17, 15) is 9.90 Å². The molecule has 0 radical (unpaired) electrons. The Kier molecular flexibility index (Phi) is 10.1. The molecule has 1 aliphatic heterocycles. The lowest BCUT2D eigenvalue weighted by atomic mass is 10.00. The molecule has 3 rings (SSSR count). The second kappa shape index (κ2) is 13.0. The van der Waals surface area contributed by atoms with Gasteiger partial charge in [-0.1, -0.05) is 39.0 Å². The molecule has 1 aromatic carbocycles. The highest BCUT2D eigenvalue weighted by Gasteiger charge is 2.33. The van der Waals surface area contributed by atoms with Gasteiger partial charge in [-0.05, 0) is 53.6 Å². The van der Waals surface area contributed by atoms with E-state index in [0.717, 1.165) is 12.2 Å². The third-order valence-electron chi connectivity index (χ3n) is 6.19. The lowest BCUT2D eigenvalue weighted by Crippen LogP contribution is -2.48. The molecule has 1 N–H and O–H groups in total. The first kappa shape index (κ1) is 26.4. The monoisotopic (exact) mass is 486 g/mol. The van der Waals surface area contributed by atoms with E-state index >= 15 is 0 Å². The summed E-state index contributed by atoms with van der Waals surface area (Å²) in [6.07, 6.45) is 1.87. The quantitative estimate of drug-likeness (QED) is 0.339. The van der Waals surface area contributed by atoms with Crippen LogP contribution in [0.25, 0.3) is 0 Å². The average Bonchev–Trinajstić information content (AvgIpc) is 3.31. The molecule has 34 heavy (non-hydrogen) atoms. The zero-order valence-corrected chi connectivity index (χ0v) is 21.4. The van der Waals surface area contributed by atoms with Gasteiger partial charge in [0.05, 0.1) is 31.9 Å². The van der Waals surface area contributed by atoms with Crippen molar-refractivity contribution in [3.05, 3.63) is 64.4 Å². The number of aliphatic hydroxyl groups excluding tert-OH is 1. The number of fused-ring (bicyclic) bond motifs is 1. The van der Waals surface area contributed by atoms with E-state index in [1.54, 1.807) is 17.4 Å². The van der Waals surface area contributed by atoms with Gasteiger partial charge >= 0.3 is 0 Å². The standard InChI is InChI=1S/C27H38N2O4S/c1-5-14-32-18-22(30)16-28(6-2)17-27(31)29-13-11-26-24(12-15-34-26)25(29)19-33-23-9-7-21(8-10-23)20(3)4/h5,7-10,12,15,20,22,25,30H,1,6,11,13-14,16-19H2,2-4H3/t22-,25-/m1/s1. The predicted octanol–water partition coefficient (Wildman–Crippen LogP) is 4.26. The van der Waals surface area contributed by atoms with Crippen LogP contribution in [-0.4, -0.2) is 72.9 Å². The zero-order valence-electron chi connectivity index (χ0n) is 20.6. The van der Waals surface area contributed by atoms with Crippen LogP contribution in [0.1, 0.15) is 48.7 Å². The predicted molar refractivity (Wildman–Crippen MR) is 138 cm³/mol. The SMILES string of the molecule is C=CCOC[C@H](O)CN(CC)CC(=O)N1CCc2sccc2[C@H]1COc1ccc(C(C)C)cc1. The van der Waals surface area contributed by atoms with E-state index in [1.165, 1.54) is 16.0 Å². The van der Waals surface area contributed by atoms with Crippen LogP contribution in [0.2, 0.25) is 0 Å². The third-order valence-corrected chi connectivity index (χ3v) is 7.19. The van der Waals surface area contributed by atoms with Crippen molar-refractivity contribution < 1.29 is 19.4 Å². The van der Waals surface area contributed by atoms with Gasteiger partial charge in [-0.3, -0.25) is 9.69 Å². The summed E-state index contributed by atoms with van der Waals surface area (Å²) < 4.78 is 11.5. The van der Waals surface area contributed by atoms with Gasteiger partial charge in [0.2, 0.25) is 5.91 Å². The van der Waals surface area contributed by atoms with Crippen molar-refractivity contribution in [1.82, 2.24) is 9.80 Å². The number of carbonyl (C=O) groups excluding carboxylic acids is 1. The molecule has 186 valence electrons. The highest BCUT2D eigenvalue weighted by Crippen LogP contribution is 2.34. The Labute approximate surface area is 207 Å². The van der Waals surface area contributed by atoms with Gasteiger partial charge in [-0.25, -0.2) is 0 Å². The minimum Gasteiger partial charge on any atom is -0.491 e. The molecule has 1 aliphatic rings. The van der Waals surface area contributed by atoms with E-state index in [4.69, 9.17) is 9.47 Å². The van der Waals surface area contributed by atoms with Crippen molar-refractivity contribution in [3.63, 3.8) is 0 Å². The Balaban J connectivity index is 1.65. The van der Waals surface area contributed by atoms with E-state index in [2.05, 4.69) is 44.0 Å². The maximum Gasteiger partial charge on any atom is 0.237 e. The van der Waals surface area contributed by atoms with Crippen LogP contribution < -0.4 is 4.74 Å². The number of carbonyl (C=O) groups is 1. The molecule has 0 bridgehead atoms. The molecule has 1 amide bonds. The van der Waals surface area contributed by atoms with Crippen LogP contribution in [0.4, 0.5) is 0 Å². The Morgan fingerprint density at radius 2 is 2.09 bits per heavy atom. The smallest absolute Gasteiger partial charge is 0.237 e. The van der Waals surface area contributed by atoms with Crippen molar-refractivity contribution in [2.24, 2.45) is 0 Å². The maximum absolute atomic E-state index is 13.4. The first-order chi connectivity index (χ1) is 16.4. The van der Waals surface area contributed by atoms with Crippen LogP contribution in [0.5, 0.6) is 5.75 Å². The summed E-state index contributed by atoms with van der Waals surface area (Å²) in [6.45, 7) is 13.0. The number of hydrogen-bond acceptors (Lipinski definition) is 6. The molecule has 0 aliphatic carbocycles. The number of aliphatic hydroxyl groups is 1. The zero-order chi connectivity index (χ0) is 24.5. The minimum atomic E-state index is -0.648. The van der Waals surface area contributed by atoms with Crippen LogP contribution in [0.3, 0.4) is 0 Å². The van der Waals surface area contributed by atoms with E-state index in [-0.39, 0.29) is 25.1 Å². The highest BCUT2D eigenvalue weighted by atomic mass is 32.1. The summed E-state index contributed by atoms with van der Waals surface area (Å²) in [7, 11) is 0. The lowest BCUT2D eigenvalue weighted by Gasteiger charge is -2.37. The molecule has 2 aromatic rings. The van der Waals surface area contributed by atoms with E-state index in [1.807, 2.05) is 28.9 Å². The lowest BCUT2D eigenvalue weighted by molar-refractivity contribution is -0.136. The van der Waals surface area contributed by atoms with Crippen molar-refractivity contribution in [2.75, 3.05) is 46.0 Å². The first-order valence-electron chi connectivity index (χ1n) is 12.1. The van der Waals surface area contributed by atoms with Crippen molar-refractivity contribution in [1.29, 1.82) is 0 Å². The normalized spacial score (nSPS) is 16.5. The largest absolute Gasteiger partial charge is 0.491 e. The molecule has 0 saturated carbocycles. The number of amides is 1. The number of hydrogen-bond donors (Lipinski definition) is 1. The van der Waals surface area contributed by atoms with Gasteiger partial charge in [0.1, 0.15) is 12.4 Å². The van der Waals surface area contributed by atoms with Crippen LogP contribution in [0.15, 0.2) is 48.4 Å². The summed E-state index contributed by atoms with van der Waals surface area (Å²) in [5.74, 6) is 1.35. The number of rotatable bonds is 13. The Morgan fingerprint density at radius 3 is 2.76 bits per heavy atom. The number of benzene rings is 1. The van der Waals surface area contributed by atoms with E-state index in [0.29, 0.717) is 38.8 Å². The van der Waals surface area contributed by atoms with Crippen molar-refractivity contribution in [3.8, 4) is 5.75 Å². The fourth-order valence-corrected chi connectivity index (χ4v) is 5.15. The fourth-order valence-electron chi connectivity index (χ4n) is 4.22. The van der Waals surface area contributed by atoms with Gasteiger partial charge in [-0.2, -0.15) is 0 Å². The molecule has 2 atom stereocenters. The molecule has 1 aromatic heterocycles. The second-order valence-corrected chi connectivity index (χ2v) is 10.00. The van der Waals surface area contributed by atoms with Crippen LogP contribution >= 0.6 is 11.3 Å². The Morgan fingerprint density at radius 1 is 1.32 bits per heavy atom. The molecule has 0 unspecified atom stereocenters. The summed E-state index contributed by atoms with van der Waals surface area (Å²) in [5.41, 5.74) is 2.46. The number of likely N-dealkylation sites (N-methyl/N-ethyl adjacent to an activating group) is 1. The molecular weight excluding hydrogens is 448 g/mol. The molecule has 7 heteroatoms. The second-order valence-electron chi connectivity index (χ2n) is 8.99. The van der Waals surface area contributed by atoms with Crippen LogP contribution in [-0.2, 0) is 16.0 Å². The van der Waals surface area contributed by atoms with Crippen LogP contribution in [0, 0.1) is 0 Å². The van der Waals surface area contributed by atoms with E-state index < -0.39 is 6.10 Å². The molecule has 2 heterocycles. The highest BCUT2D eigenvalue weighted by molar-refractivity contribution is 7.10. The van der Waals surface area contributed by atoms with Crippen molar-refractivity contribution >= 4 is 17.2 Å². The molecule has 0 saturated heterocycles. The summed E-state index contributed by atoms with van der Waals surface area (Å²) in [4.78, 5) is 18.6. The average molecular weight is 487 g/mol. The van der Waals surface area contributed by atoms with Gasteiger partial charge in [0.15, 0.2) is 0 Å². The first-order valence-corrected chi connectivity index (χ1v) is 13.0. The number of ether oxygens (including phenoxy) is 2. The summed E-state index contributed by atoms with van der Waals surface area (Å²) in [5, 5.41) is 12.4. The van der Waals surface area contributed by atoms with Gasteiger partial charge in [0.25, 0.3) is 0 Å². The molecule has 6 nitrogen and oxygen atoms in total. The molecule has 0 spiro atoms. The fraction of sp³-hybridized carbons (Fsp3) is 0.519. The van der Waals surface area contributed by atoms with Gasteiger partial charge in [0, 0.05) is 18.0 Å². The maximum atomic E-state index is 13.4. The number of thiophene rings is 1. The summed E-state index contributed by atoms with van der Waals surface area (Å²) >= 11 is 1.75. The molecule has 0 fully saturated rings.